The topological polar surface area (TPSA) is 72.7 Å². The van der Waals surface area contributed by atoms with Gasteiger partial charge in [-0.1, -0.05) is 12.8 Å². The predicted molar refractivity (Wildman–Crippen MR) is 109 cm³/mol. The van der Waals surface area contributed by atoms with Crippen LogP contribution in [0.3, 0.4) is 0 Å². The summed E-state index contributed by atoms with van der Waals surface area (Å²) in [5.74, 6) is -0.152. The number of carbonyl (C=O) groups excluding carboxylic acids is 1. The maximum absolute atomic E-state index is 12.9. The molecule has 1 aliphatic rings. The summed E-state index contributed by atoms with van der Waals surface area (Å²) in [4.78, 5) is 23.5. The van der Waals surface area contributed by atoms with Gasteiger partial charge in [-0.2, -0.15) is 5.10 Å². The minimum atomic E-state index is -0.152. The number of aromatic nitrogens is 4. The van der Waals surface area contributed by atoms with Gasteiger partial charge in [0.1, 0.15) is 0 Å². The zero-order chi connectivity index (χ0) is 19.0. The minimum absolute atomic E-state index is 0.152. The molecule has 0 radical (unpaired) electrons. The lowest BCUT2D eigenvalue weighted by atomic mass is 10.0. The van der Waals surface area contributed by atoms with Gasteiger partial charge in [-0.15, -0.1) is 11.3 Å². The fraction of sp³-hybridized carbons (Fsp3) is 0.500. The predicted octanol–water partition coefficient (Wildman–Crippen LogP) is 4.69. The molecular formula is C20H25N5OS. The molecule has 0 saturated carbocycles. The molecule has 3 aromatic heterocycles. The summed E-state index contributed by atoms with van der Waals surface area (Å²) in [7, 11) is 0. The number of pyridine rings is 1. The lowest BCUT2D eigenvalue weighted by molar-refractivity contribution is 0.102. The molecule has 3 heterocycles. The average molecular weight is 384 g/mol. The number of thiazole rings is 1. The monoisotopic (exact) mass is 383 g/mol. The number of fused-ring (bicyclic) bond motifs is 2. The van der Waals surface area contributed by atoms with E-state index < -0.39 is 0 Å². The van der Waals surface area contributed by atoms with Crippen LogP contribution < -0.4 is 5.32 Å². The first-order valence-corrected chi connectivity index (χ1v) is 10.5. The lowest BCUT2D eigenvalue weighted by Crippen LogP contribution is -2.14. The number of carbonyl (C=O) groups is 1. The molecule has 1 N–H and O–H groups in total. The Bertz CT molecular complexity index is 962. The third-order valence-corrected chi connectivity index (χ3v) is 6.13. The zero-order valence-electron chi connectivity index (χ0n) is 16.1. The summed E-state index contributed by atoms with van der Waals surface area (Å²) in [6.45, 7) is 6.00. The van der Waals surface area contributed by atoms with Crippen LogP contribution in [0.15, 0.2) is 12.3 Å². The molecule has 0 aliphatic heterocycles. The van der Waals surface area contributed by atoms with E-state index in [-0.39, 0.29) is 11.9 Å². The van der Waals surface area contributed by atoms with Crippen LogP contribution in [-0.2, 0) is 12.8 Å². The maximum atomic E-state index is 12.9. The highest BCUT2D eigenvalue weighted by Gasteiger charge is 2.18. The van der Waals surface area contributed by atoms with Crippen LogP contribution in [0.1, 0.15) is 72.2 Å². The van der Waals surface area contributed by atoms with Crippen molar-refractivity contribution >= 4 is 33.4 Å². The van der Waals surface area contributed by atoms with Gasteiger partial charge in [0, 0.05) is 16.3 Å². The normalized spacial score (nSPS) is 14.8. The quantitative estimate of drug-likeness (QED) is 0.712. The third-order valence-electron chi connectivity index (χ3n) is 5.06. The van der Waals surface area contributed by atoms with E-state index in [4.69, 9.17) is 0 Å². The molecular weight excluding hydrogens is 358 g/mol. The Labute approximate surface area is 163 Å². The summed E-state index contributed by atoms with van der Waals surface area (Å²) in [6.07, 6.45) is 8.81. The van der Waals surface area contributed by atoms with E-state index in [1.165, 1.54) is 36.3 Å². The molecule has 1 amide bonds. The first-order chi connectivity index (χ1) is 13.0. The fourth-order valence-corrected chi connectivity index (χ4v) is 4.64. The molecule has 1 aliphatic carbocycles. The van der Waals surface area contributed by atoms with Crippen molar-refractivity contribution in [3.05, 3.63) is 34.1 Å². The third kappa shape index (κ3) is 3.60. The van der Waals surface area contributed by atoms with Crippen LogP contribution in [0.4, 0.5) is 5.13 Å². The van der Waals surface area contributed by atoms with Crippen molar-refractivity contribution in [3.63, 3.8) is 0 Å². The Morgan fingerprint density at radius 2 is 1.96 bits per heavy atom. The van der Waals surface area contributed by atoms with Crippen molar-refractivity contribution in [2.75, 3.05) is 5.32 Å². The minimum Gasteiger partial charge on any atom is -0.298 e. The van der Waals surface area contributed by atoms with Crippen molar-refractivity contribution < 1.29 is 4.79 Å². The van der Waals surface area contributed by atoms with Crippen LogP contribution >= 0.6 is 11.3 Å². The van der Waals surface area contributed by atoms with Gasteiger partial charge in [0.2, 0.25) is 0 Å². The number of nitrogens with one attached hydrogen (secondary N) is 1. The van der Waals surface area contributed by atoms with E-state index in [0.717, 1.165) is 23.9 Å². The van der Waals surface area contributed by atoms with Crippen molar-refractivity contribution in [1.29, 1.82) is 0 Å². The molecule has 27 heavy (non-hydrogen) atoms. The van der Waals surface area contributed by atoms with Gasteiger partial charge in [-0.3, -0.25) is 10.1 Å². The number of rotatable bonds is 3. The molecule has 0 saturated heterocycles. The van der Waals surface area contributed by atoms with Crippen LogP contribution in [0.25, 0.3) is 11.0 Å². The smallest absolute Gasteiger partial charge is 0.259 e. The number of amides is 1. The van der Waals surface area contributed by atoms with Crippen LogP contribution in [0.2, 0.25) is 0 Å². The van der Waals surface area contributed by atoms with Crippen LogP contribution in [0, 0.1) is 6.92 Å². The molecule has 4 rings (SSSR count). The van der Waals surface area contributed by atoms with Gasteiger partial charge in [-0.25, -0.2) is 14.6 Å². The SMILES string of the molecule is Cc1nc2c(cnn2C(C)C)cc1C(=O)Nc1nc2c(s1)CCCCCC2. The highest BCUT2D eigenvalue weighted by molar-refractivity contribution is 7.15. The summed E-state index contributed by atoms with van der Waals surface area (Å²) >= 11 is 1.62. The highest BCUT2D eigenvalue weighted by atomic mass is 32.1. The van der Waals surface area contributed by atoms with Crippen LogP contribution in [0.5, 0.6) is 0 Å². The van der Waals surface area contributed by atoms with Gasteiger partial charge in [0.25, 0.3) is 5.91 Å². The zero-order valence-corrected chi connectivity index (χ0v) is 16.9. The first kappa shape index (κ1) is 18.1. The summed E-state index contributed by atoms with van der Waals surface area (Å²) < 4.78 is 1.88. The van der Waals surface area contributed by atoms with Gasteiger partial charge in [-0.05, 0) is 52.5 Å². The molecule has 0 unspecified atom stereocenters. The molecule has 142 valence electrons. The molecule has 0 spiro atoms. The summed E-state index contributed by atoms with van der Waals surface area (Å²) in [5, 5.41) is 8.97. The number of anilines is 1. The van der Waals surface area contributed by atoms with Crippen molar-refractivity contribution in [3.8, 4) is 0 Å². The number of aryl methyl sites for hydroxylation is 3. The van der Waals surface area contributed by atoms with Crippen molar-refractivity contribution in [2.24, 2.45) is 0 Å². The standard InChI is InChI=1S/C20H25N5OS/c1-12(2)25-18-14(11-21-25)10-15(13(3)22-18)19(26)24-20-23-16-8-6-4-5-7-9-17(16)27-20/h10-12H,4-9H2,1-3H3,(H,23,24,26). The summed E-state index contributed by atoms with van der Waals surface area (Å²) in [5.41, 5.74) is 3.26. The van der Waals surface area contributed by atoms with E-state index in [2.05, 4.69) is 34.2 Å². The number of nitrogens with zero attached hydrogens (tertiary/aromatic N) is 4. The lowest BCUT2D eigenvalue weighted by Gasteiger charge is -2.09. The van der Waals surface area contributed by atoms with E-state index in [0.29, 0.717) is 16.4 Å². The second kappa shape index (κ2) is 7.38. The Balaban J connectivity index is 1.60. The van der Waals surface area contributed by atoms with Gasteiger partial charge < -0.3 is 0 Å². The molecule has 6 nitrogen and oxygen atoms in total. The number of hydrogen-bond acceptors (Lipinski definition) is 5. The molecule has 0 bridgehead atoms. The molecule has 0 aromatic carbocycles. The number of hydrogen-bond donors (Lipinski definition) is 1. The van der Waals surface area contributed by atoms with E-state index in [9.17, 15) is 4.79 Å². The highest BCUT2D eigenvalue weighted by Crippen LogP contribution is 2.29. The Hall–Kier alpha value is -2.28. The Morgan fingerprint density at radius 1 is 1.19 bits per heavy atom. The van der Waals surface area contributed by atoms with Crippen molar-refractivity contribution in [2.45, 2.75) is 65.3 Å². The first-order valence-electron chi connectivity index (χ1n) is 9.67. The van der Waals surface area contributed by atoms with Gasteiger partial charge >= 0.3 is 0 Å². The Kier molecular flexibility index (Phi) is 4.95. The van der Waals surface area contributed by atoms with Crippen molar-refractivity contribution in [1.82, 2.24) is 19.7 Å². The second-order valence-corrected chi connectivity index (χ2v) is 8.56. The average Bonchev–Trinajstić information content (AvgIpc) is 3.17. The largest absolute Gasteiger partial charge is 0.298 e. The maximum Gasteiger partial charge on any atom is 0.259 e. The fourth-order valence-electron chi connectivity index (χ4n) is 3.60. The Morgan fingerprint density at radius 3 is 2.74 bits per heavy atom. The van der Waals surface area contributed by atoms with E-state index in [1.807, 2.05) is 17.7 Å². The van der Waals surface area contributed by atoms with E-state index in [1.54, 1.807) is 17.5 Å². The molecule has 0 fully saturated rings. The molecule has 7 heteroatoms. The summed E-state index contributed by atoms with van der Waals surface area (Å²) in [6, 6.07) is 2.10. The molecule has 0 atom stereocenters. The van der Waals surface area contributed by atoms with Gasteiger partial charge in [0.15, 0.2) is 10.8 Å². The van der Waals surface area contributed by atoms with Gasteiger partial charge in [0.05, 0.1) is 23.1 Å². The second-order valence-electron chi connectivity index (χ2n) is 7.47. The van der Waals surface area contributed by atoms with Crippen LogP contribution in [-0.4, -0.2) is 25.7 Å². The molecule has 3 aromatic rings. The van der Waals surface area contributed by atoms with E-state index >= 15 is 0 Å².